The number of nitrogens with two attached hydrogens (primary N) is 1. The fourth-order valence-corrected chi connectivity index (χ4v) is 1.12. The molecule has 1 rings (SSSR count). The number of aromatic nitrogens is 2. The summed E-state index contributed by atoms with van der Waals surface area (Å²) in [6.45, 7) is 0.696. The number of rotatable bonds is 5. The Balaban J connectivity index is 2.36. The van der Waals surface area contributed by atoms with Gasteiger partial charge in [0, 0.05) is 18.9 Å². The van der Waals surface area contributed by atoms with Crippen LogP contribution < -0.4 is 11.1 Å². The molecule has 3 N–H and O–H groups in total. The van der Waals surface area contributed by atoms with Crippen LogP contribution in [0.4, 0.5) is 0 Å². The first-order chi connectivity index (χ1) is 6.24. The predicted octanol–water partition coefficient (Wildman–Crippen LogP) is -0.654. The molecule has 5 nitrogen and oxygen atoms in total. The Labute approximate surface area is 76.9 Å². The molecule has 0 aromatic carbocycles. The van der Waals surface area contributed by atoms with E-state index in [2.05, 4.69) is 10.4 Å². The van der Waals surface area contributed by atoms with Crippen LogP contribution in [0.15, 0.2) is 18.5 Å². The molecule has 1 unspecified atom stereocenters. The normalized spacial score (nSPS) is 12.7. The van der Waals surface area contributed by atoms with Crippen molar-refractivity contribution in [1.82, 2.24) is 15.1 Å². The lowest BCUT2D eigenvalue weighted by atomic mass is 10.2. The van der Waals surface area contributed by atoms with E-state index < -0.39 is 0 Å². The quantitative estimate of drug-likeness (QED) is 0.635. The van der Waals surface area contributed by atoms with Gasteiger partial charge in [0.25, 0.3) is 0 Å². The smallest absolute Gasteiger partial charge is 0.234 e. The summed E-state index contributed by atoms with van der Waals surface area (Å²) in [5, 5.41) is 6.87. The van der Waals surface area contributed by atoms with Gasteiger partial charge in [-0.2, -0.15) is 5.10 Å². The minimum atomic E-state index is -0.324. The Bertz CT molecular complexity index is 257. The van der Waals surface area contributed by atoms with Gasteiger partial charge in [-0.1, -0.05) is 0 Å². The van der Waals surface area contributed by atoms with Gasteiger partial charge in [0.15, 0.2) is 0 Å². The van der Waals surface area contributed by atoms with Crippen molar-refractivity contribution in [3.8, 4) is 0 Å². The Kier molecular flexibility index (Phi) is 3.45. The number of hydrogen-bond acceptors (Lipinski definition) is 3. The van der Waals surface area contributed by atoms with E-state index in [0.29, 0.717) is 13.0 Å². The maximum absolute atomic E-state index is 10.8. The molecule has 1 heterocycles. The summed E-state index contributed by atoms with van der Waals surface area (Å²) >= 11 is 0. The van der Waals surface area contributed by atoms with Crippen molar-refractivity contribution in [3.63, 3.8) is 0 Å². The van der Waals surface area contributed by atoms with Gasteiger partial charge in [-0.25, -0.2) is 0 Å². The average Bonchev–Trinajstić information content (AvgIpc) is 2.57. The van der Waals surface area contributed by atoms with E-state index >= 15 is 0 Å². The van der Waals surface area contributed by atoms with Gasteiger partial charge in [-0.3, -0.25) is 9.48 Å². The minimum absolute atomic E-state index is 0.274. The standard InChI is InChI=1S/C8H14N4O/c1-10-7(8(9)13)3-6-12-5-2-4-11-12/h2,4-5,7,10H,3,6H2,1H3,(H2,9,13). The molecule has 1 aromatic heterocycles. The first kappa shape index (κ1) is 9.73. The lowest BCUT2D eigenvalue weighted by molar-refractivity contribution is -0.120. The van der Waals surface area contributed by atoms with Crippen LogP contribution in [0.1, 0.15) is 6.42 Å². The number of amides is 1. The van der Waals surface area contributed by atoms with Crippen molar-refractivity contribution in [2.24, 2.45) is 5.73 Å². The van der Waals surface area contributed by atoms with Gasteiger partial charge in [0.2, 0.25) is 5.91 Å². The summed E-state index contributed by atoms with van der Waals surface area (Å²) in [4.78, 5) is 10.8. The van der Waals surface area contributed by atoms with E-state index in [1.54, 1.807) is 17.9 Å². The van der Waals surface area contributed by atoms with Crippen LogP contribution in [0.2, 0.25) is 0 Å². The average molecular weight is 182 g/mol. The van der Waals surface area contributed by atoms with Crippen molar-refractivity contribution in [2.45, 2.75) is 19.0 Å². The summed E-state index contributed by atoms with van der Waals surface area (Å²) in [7, 11) is 1.72. The number of nitrogens with one attached hydrogen (secondary N) is 1. The van der Waals surface area contributed by atoms with E-state index in [-0.39, 0.29) is 11.9 Å². The third-order valence-electron chi connectivity index (χ3n) is 1.90. The monoisotopic (exact) mass is 182 g/mol. The molecule has 1 atom stereocenters. The second-order valence-electron chi connectivity index (χ2n) is 2.80. The molecule has 0 fully saturated rings. The molecule has 72 valence electrons. The van der Waals surface area contributed by atoms with Crippen LogP contribution in [-0.4, -0.2) is 28.8 Å². The first-order valence-electron chi connectivity index (χ1n) is 4.18. The van der Waals surface area contributed by atoms with E-state index in [4.69, 9.17) is 5.73 Å². The molecular weight excluding hydrogens is 168 g/mol. The maximum Gasteiger partial charge on any atom is 0.234 e. The van der Waals surface area contributed by atoms with Crippen LogP contribution in [0.3, 0.4) is 0 Å². The molecule has 5 heteroatoms. The Morgan fingerprint density at radius 1 is 1.77 bits per heavy atom. The molecule has 0 bridgehead atoms. The highest BCUT2D eigenvalue weighted by molar-refractivity contribution is 5.79. The van der Waals surface area contributed by atoms with Crippen LogP contribution >= 0.6 is 0 Å². The van der Waals surface area contributed by atoms with Crippen molar-refractivity contribution in [1.29, 1.82) is 0 Å². The van der Waals surface area contributed by atoms with Gasteiger partial charge >= 0.3 is 0 Å². The number of aryl methyl sites for hydroxylation is 1. The number of likely N-dealkylation sites (N-methyl/N-ethyl adjacent to an activating group) is 1. The highest BCUT2D eigenvalue weighted by Gasteiger charge is 2.11. The van der Waals surface area contributed by atoms with E-state index in [0.717, 1.165) is 0 Å². The number of hydrogen-bond donors (Lipinski definition) is 2. The highest BCUT2D eigenvalue weighted by Crippen LogP contribution is 1.94. The number of nitrogens with zero attached hydrogens (tertiary/aromatic N) is 2. The summed E-state index contributed by atoms with van der Waals surface area (Å²) in [6, 6.07) is 1.57. The number of carbonyl (C=O) groups excluding carboxylic acids is 1. The highest BCUT2D eigenvalue weighted by atomic mass is 16.1. The summed E-state index contributed by atoms with van der Waals surface area (Å²) in [5.74, 6) is -0.324. The molecule has 0 saturated carbocycles. The SMILES string of the molecule is CNC(CCn1cccn1)C(N)=O. The number of primary amides is 1. The molecule has 0 radical (unpaired) electrons. The summed E-state index contributed by atoms with van der Waals surface area (Å²) in [6.07, 6.45) is 4.22. The van der Waals surface area contributed by atoms with Crippen molar-refractivity contribution < 1.29 is 4.79 Å². The minimum Gasteiger partial charge on any atom is -0.368 e. The van der Waals surface area contributed by atoms with Crippen LogP contribution in [0, 0.1) is 0 Å². The fraction of sp³-hybridized carbons (Fsp3) is 0.500. The van der Waals surface area contributed by atoms with Gasteiger partial charge in [-0.05, 0) is 19.5 Å². The number of carbonyl (C=O) groups is 1. The van der Waals surface area contributed by atoms with E-state index in [1.807, 2.05) is 12.3 Å². The summed E-state index contributed by atoms with van der Waals surface area (Å²) < 4.78 is 1.77. The van der Waals surface area contributed by atoms with Crippen LogP contribution in [0.5, 0.6) is 0 Å². The zero-order valence-electron chi connectivity index (χ0n) is 7.60. The van der Waals surface area contributed by atoms with Gasteiger partial charge in [-0.15, -0.1) is 0 Å². The third-order valence-corrected chi connectivity index (χ3v) is 1.90. The molecular formula is C8H14N4O. The van der Waals surface area contributed by atoms with Crippen molar-refractivity contribution >= 4 is 5.91 Å². The topological polar surface area (TPSA) is 72.9 Å². The fourth-order valence-electron chi connectivity index (χ4n) is 1.12. The Morgan fingerprint density at radius 2 is 2.54 bits per heavy atom. The van der Waals surface area contributed by atoms with Crippen molar-refractivity contribution in [3.05, 3.63) is 18.5 Å². The second kappa shape index (κ2) is 4.61. The maximum atomic E-state index is 10.8. The molecule has 0 saturated heterocycles. The van der Waals surface area contributed by atoms with Crippen LogP contribution in [-0.2, 0) is 11.3 Å². The second-order valence-corrected chi connectivity index (χ2v) is 2.80. The molecule has 0 aliphatic carbocycles. The summed E-state index contributed by atoms with van der Waals surface area (Å²) in [5.41, 5.74) is 5.16. The lowest BCUT2D eigenvalue weighted by Gasteiger charge is -2.11. The molecule has 13 heavy (non-hydrogen) atoms. The van der Waals surface area contributed by atoms with Gasteiger partial charge < -0.3 is 11.1 Å². The predicted molar refractivity (Wildman–Crippen MR) is 48.9 cm³/mol. The molecule has 1 amide bonds. The van der Waals surface area contributed by atoms with Gasteiger partial charge in [0.1, 0.15) is 0 Å². The largest absolute Gasteiger partial charge is 0.368 e. The molecule has 0 aliphatic heterocycles. The molecule has 0 spiro atoms. The molecule has 1 aromatic rings. The molecule has 0 aliphatic rings. The van der Waals surface area contributed by atoms with Crippen molar-refractivity contribution in [2.75, 3.05) is 7.05 Å². The van der Waals surface area contributed by atoms with Crippen LogP contribution in [0.25, 0.3) is 0 Å². The van der Waals surface area contributed by atoms with E-state index in [9.17, 15) is 4.79 Å². The lowest BCUT2D eigenvalue weighted by Crippen LogP contribution is -2.39. The third kappa shape index (κ3) is 2.87. The van der Waals surface area contributed by atoms with E-state index in [1.165, 1.54) is 0 Å². The zero-order valence-corrected chi connectivity index (χ0v) is 7.60. The van der Waals surface area contributed by atoms with Gasteiger partial charge in [0.05, 0.1) is 6.04 Å². The Morgan fingerprint density at radius 3 is 3.00 bits per heavy atom. The Hall–Kier alpha value is -1.36. The first-order valence-corrected chi connectivity index (χ1v) is 4.18. The zero-order chi connectivity index (χ0) is 9.68.